The molecule has 0 aliphatic carbocycles. The smallest absolute Gasteiger partial charge is 0.416 e. The summed E-state index contributed by atoms with van der Waals surface area (Å²) in [4.78, 5) is 25.9. The van der Waals surface area contributed by atoms with Gasteiger partial charge in [0.1, 0.15) is 5.75 Å². The van der Waals surface area contributed by atoms with Gasteiger partial charge < -0.3 is 15.4 Å². The molecule has 0 radical (unpaired) electrons. The minimum Gasteiger partial charge on any atom is -0.494 e. The fourth-order valence-corrected chi connectivity index (χ4v) is 4.51. The number of fused-ring (bicyclic) bond motifs is 1. The van der Waals surface area contributed by atoms with E-state index in [2.05, 4.69) is 15.5 Å². The summed E-state index contributed by atoms with van der Waals surface area (Å²) in [6, 6.07) is 11.1. The monoisotopic (exact) mass is 489 g/mol. The van der Waals surface area contributed by atoms with Crippen LogP contribution in [-0.4, -0.2) is 42.5 Å². The molecular formula is C26H30F3N3O3. The van der Waals surface area contributed by atoms with Crippen molar-refractivity contribution < 1.29 is 27.5 Å². The van der Waals surface area contributed by atoms with E-state index in [-0.39, 0.29) is 17.9 Å². The van der Waals surface area contributed by atoms with Crippen molar-refractivity contribution in [1.29, 1.82) is 0 Å². The molecule has 2 aromatic carbocycles. The van der Waals surface area contributed by atoms with Gasteiger partial charge in [0.2, 0.25) is 11.8 Å². The van der Waals surface area contributed by atoms with Crippen molar-refractivity contribution in [3.8, 4) is 5.75 Å². The Hall–Kier alpha value is -3.07. The molecule has 1 fully saturated rings. The molecule has 0 atom stereocenters. The van der Waals surface area contributed by atoms with E-state index in [0.29, 0.717) is 44.4 Å². The molecule has 2 amide bonds. The number of anilines is 1. The van der Waals surface area contributed by atoms with Crippen LogP contribution in [0.1, 0.15) is 48.8 Å². The maximum absolute atomic E-state index is 12.9. The molecule has 6 nitrogen and oxygen atoms in total. The van der Waals surface area contributed by atoms with E-state index >= 15 is 0 Å². The summed E-state index contributed by atoms with van der Waals surface area (Å²) in [7, 11) is 0. The zero-order valence-electron chi connectivity index (χ0n) is 19.5. The Labute approximate surface area is 202 Å². The first-order chi connectivity index (χ1) is 16.8. The predicted octanol–water partition coefficient (Wildman–Crippen LogP) is 4.53. The van der Waals surface area contributed by atoms with Gasteiger partial charge in [-0.15, -0.1) is 0 Å². The molecule has 2 heterocycles. The molecule has 0 spiro atoms. The van der Waals surface area contributed by atoms with Crippen LogP contribution in [0.25, 0.3) is 0 Å². The highest BCUT2D eigenvalue weighted by molar-refractivity contribution is 5.94. The van der Waals surface area contributed by atoms with Gasteiger partial charge in [0.15, 0.2) is 0 Å². The Morgan fingerprint density at radius 2 is 1.91 bits per heavy atom. The minimum atomic E-state index is -4.34. The average Bonchev–Trinajstić information content (AvgIpc) is 2.83. The molecule has 2 aromatic rings. The molecule has 0 saturated carbocycles. The largest absolute Gasteiger partial charge is 0.494 e. The molecule has 9 heteroatoms. The van der Waals surface area contributed by atoms with Crippen LogP contribution in [0, 0.1) is 0 Å². The second-order valence-corrected chi connectivity index (χ2v) is 9.14. The summed E-state index contributed by atoms with van der Waals surface area (Å²) in [5.74, 6) is 0.741. The number of hydrogen-bond acceptors (Lipinski definition) is 4. The molecule has 4 rings (SSSR count). The molecule has 1 saturated heterocycles. The minimum absolute atomic E-state index is 0.0157. The van der Waals surface area contributed by atoms with Crippen molar-refractivity contribution >= 4 is 17.5 Å². The Balaban J connectivity index is 1.13. The fraction of sp³-hybridized carbons (Fsp3) is 0.462. The highest BCUT2D eigenvalue weighted by atomic mass is 19.4. The number of nitrogens with one attached hydrogen (secondary N) is 2. The number of likely N-dealkylation sites (tertiary alicyclic amines) is 1. The van der Waals surface area contributed by atoms with Crippen molar-refractivity contribution in [2.24, 2.45) is 0 Å². The Morgan fingerprint density at radius 3 is 2.69 bits per heavy atom. The third kappa shape index (κ3) is 7.21. The van der Waals surface area contributed by atoms with Gasteiger partial charge in [-0.25, -0.2) is 0 Å². The lowest BCUT2D eigenvalue weighted by Gasteiger charge is -2.32. The second-order valence-electron chi connectivity index (χ2n) is 9.14. The normalized spacial score (nSPS) is 16.9. The van der Waals surface area contributed by atoms with Gasteiger partial charge in [-0.05, 0) is 61.1 Å². The zero-order chi connectivity index (χ0) is 24.8. The van der Waals surface area contributed by atoms with Gasteiger partial charge in [-0.3, -0.25) is 14.5 Å². The quantitative estimate of drug-likeness (QED) is 0.535. The number of amides is 2. The number of piperidine rings is 1. The lowest BCUT2D eigenvalue weighted by molar-refractivity contribution is -0.137. The van der Waals surface area contributed by atoms with E-state index in [9.17, 15) is 22.8 Å². The van der Waals surface area contributed by atoms with E-state index in [1.165, 1.54) is 12.1 Å². The summed E-state index contributed by atoms with van der Waals surface area (Å²) in [5, 5.41) is 5.90. The van der Waals surface area contributed by atoms with Crippen molar-refractivity contribution in [1.82, 2.24) is 10.2 Å². The Morgan fingerprint density at radius 1 is 1.11 bits per heavy atom. The Kier molecular flexibility index (Phi) is 7.95. The number of alkyl halides is 3. The number of carbonyl (C=O) groups excluding carboxylic acids is 2. The first-order valence-electron chi connectivity index (χ1n) is 12.0. The van der Waals surface area contributed by atoms with E-state index in [1.807, 2.05) is 18.2 Å². The average molecular weight is 490 g/mol. The number of carbonyl (C=O) groups is 2. The van der Waals surface area contributed by atoms with Gasteiger partial charge in [0.05, 0.1) is 12.2 Å². The lowest BCUT2D eigenvalue weighted by Crippen LogP contribution is -2.44. The molecule has 2 N–H and O–H groups in total. The third-order valence-electron chi connectivity index (χ3n) is 6.40. The lowest BCUT2D eigenvalue weighted by atomic mass is 10.0. The molecule has 188 valence electrons. The van der Waals surface area contributed by atoms with Gasteiger partial charge >= 0.3 is 6.18 Å². The number of rotatable bonds is 8. The van der Waals surface area contributed by atoms with Crippen LogP contribution in [-0.2, 0) is 28.7 Å². The van der Waals surface area contributed by atoms with Crippen LogP contribution in [0.4, 0.5) is 18.9 Å². The van der Waals surface area contributed by atoms with Crippen LogP contribution in [0.15, 0.2) is 42.5 Å². The van der Waals surface area contributed by atoms with E-state index < -0.39 is 11.7 Å². The van der Waals surface area contributed by atoms with E-state index in [1.54, 1.807) is 6.07 Å². The number of nitrogens with zero attached hydrogens (tertiary/aromatic N) is 1. The summed E-state index contributed by atoms with van der Waals surface area (Å²) >= 11 is 0. The molecule has 0 bridgehead atoms. The standard InChI is InChI=1S/C26H30F3N3O3/c27-26(28,29)20-4-1-3-18(15-20)17-32-12-10-21(11-13-32)30-24(33)5-2-14-35-22-7-8-23-19(16-22)6-9-25(34)31-23/h1,3-4,7-8,15-16,21H,2,5-6,9-14,17H2,(H,30,33)(H,31,34). The molecule has 2 aliphatic heterocycles. The summed E-state index contributed by atoms with van der Waals surface area (Å²) in [6.45, 7) is 2.34. The maximum Gasteiger partial charge on any atom is 0.416 e. The maximum atomic E-state index is 12.9. The van der Waals surface area contributed by atoms with Gasteiger partial charge in [-0.2, -0.15) is 13.2 Å². The SMILES string of the molecule is O=C1CCc2cc(OCCCC(=O)NC3CCN(Cc4cccc(C(F)(F)F)c4)CC3)ccc2N1. The van der Waals surface area contributed by atoms with Gasteiger partial charge in [0, 0.05) is 44.2 Å². The topological polar surface area (TPSA) is 70.7 Å². The van der Waals surface area contributed by atoms with Crippen LogP contribution in [0.2, 0.25) is 0 Å². The number of halogens is 3. The highest BCUT2D eigenvalue weighted by Crippen LogP contribution is 2.30. The van der Waals surface area contributed by atoms with Crippen molar-refractivity contribution in [2.45, 2.75) is 57.3 Å². The predicted molar refractivity (Wildman–Crippen MR) is 126 cm³/mol. The first-order valence-corrected chi connectivity index (χ1v) is 12.0. The summed E-state index contributed by atoms with van der Waals surface area (Å²) in [6.07, 6.45) is -0.669. The van der Waals surface area contributed by atoms with Crippen LogP contribution in [0.3, 0.4) is 0 Å². The molecule has 35 heavy (non-hydrogen) atoms. The van der Waals surface area contributed by atoms with Crippen LogP contribution >= 0.6 is 0 Å². The van der Waals surface area contributed by atoms with Crippen molar-refractivity contribution in [3.63, 3.8) is 0 Å². The highest BCUT2D eigenvalue weighted by Gasteiger charge is 2.30. The zero-order valence-corrected chi connectivity index (χ0v) is 19.5. The Bertz CT molecular complexity index is 1050. The summed E-state index contributed by atoms with van der Waals surface area (Å²) < 4.78 is 44.5. The molecule has 0 aromatic heterocycles. The van der Waals surface area contributed by atoms with Gasteiger partial charge in [0.25, 0.3) is 0 Å². The molecular weight excluding hydrogens is 459 g/mol. The van der Waals surface area contributed by atoms with E-state index in [4.69, 9.17) is 4.74 Å². The third-order valence-corrected chi connectivity index (χ3v) is 6.40. The first kappa shape index (κ1) is 25.0. The molecule has 0 unspecified atom stereocenters. The number of hydrogen-bond donors (Lipinski definition) is 2. The van der Waals surface area contributed by atoms with Crippen molar-refractivity contribution in [2.75, 3.05) is 25.0 Å². The summed E-state index contributed by atoms with van der Waals surface area (Å²) in [5.41, 5.74) is 1.90. The van der Waals surface area contributed by atoms with Gasteiger partial charge in [-0.1, -0.05) is 18.2 Å². The second kappa shape index (κ2) is 11.1. The number of benzene rings is 2. The number of aryl methyl sites for hydroxylation is 1. The van der Waals surface area contributed by atoms with E-state index in [0.717, 1.165) is 49.0 Å². The fourth-order valence-electron chi connectivity index (χ4n) is 4.51. The van der Waals surface area contributed by atoms with Crippen LogP contribution < -0.4 is 15.4 Å². The van der Waals surface area contributed by atoms with Crippen LogP contribution in [0.5, 0.6) is 5.75 Å². The number of ether oxygens (including phenoxy) is 1. The van der Waals surface area contributed by atoms with Crippen molar-refractivity contribution in [3.05, 3.63) is 59.2 Å². The molecule has 2 aliphatic rings.